The molecule has 3 nitrogen and oxygen atoms in total. The van der Waals surface area contributed by atoms with Gasteiger partial charge in [0.05, 0.1) is 0 Å². The molecule has 68 valence electrons. The fraction of sp³-hybridized carbons (Fsp3) is 0.250. The molecular formula is C8H9N3S2. The number of nitrogens with zero attached hydrogens (tertiary/aromatic N) is 2. The molecule has 0 fully saturated rings. The zero-order valence-corrected chi connectivity index (χ0v) is 8.78. The Morgan fingerprint density at radius 3 is 3.08 bits per heavy atom. The number of hydrogen-bond donors (Lipinski definition) is 1. The van der Waals surface area contributed by atoms with E-state index in [1.54, 1.807) is 16.0 Å². The molecule has 2 aromatic heterocycles. The SMILES string of the molecule is Cn1[nH]c(Cc2ccsc2)nc1=S. The third kappa shape index (κ3) is 1.87. The third-order valence-corrected chi connectivity index (χ3v) is 2.86. The maximum Gasteiger partial charge on any atom is 0.215 e. The number of H-pyrrole nitrogens is 1. The van der Waals surface area contributed by atoms with Crippen molar-refractivity contribution in [1.82, 2.24) is 14.8 Å². The average Bonchev–Trinajstić information content (AvgIpc) is 2.64. The van der Waals surface area contributed by atoms with Crippen LogP contribution in [0, 0.1) is 4.77 Å². The molecule has 2 heterocycles. The van der Waals surface area contributed by atoms with Crippen molar-refractivity contribution in [2.75, 3.05) is 0 Å². The van der Waals surface area contributed by atoms with Crippen LogP contribution in [-0.4, -0.2) is 14.8 Å². The molecule has 5 heteroatoms. The molecule has 1 N–H and O–H groups in total. The van der Waals surface area contributed by atoms with Crippen LogP contribution >= 0.6 is 23.6 Å². The summed E-state index contributed by atoms with van der Waals surface area (Å²) in [6, 6.07) is 2.09. The quantitative estimate of drug-likeness (QED) is 0.772. The summed E-state index contributed by atoms with van der Waals surface area (Å²) < 4.78 is 2.35. The Morgan fingerprint density at radius 1 is 1.69 bits per heavy atom. The smallest absolute Gasteiger partial charge is 0.215 e. The maximum absolute atomic E-state index is 4.99. The van der Waals surface area contributed by atoms with Gasteiger partial charge < -0.3 is 0 Å². The minimum atomic E-state index is 0.602. The summed E-state index contributed by atoms with van der Waals surface area (Å²) in [4.78, 5) is 4.21. The van der Waals surface area contributed by atoms with Crippen LogP contribution in [0.15, 0.2) is 16.8 Å². The highest BCUT2D eigenvalue weighted by Gasteiger charge is 2.00. The molecule has 2 aromatic rings. The highest BCUT2D eigenvalue weighted by atomic mass is 32.1. The molecule has 0 atom stereocenters. The number of aryl methyl sites for hydroxylation is 1. The Balaban J connectivity index is 2.24. The van der Waals surface area contributed by atoms with E-state index in [4.69, 9.17) is 12.2 Å². The molecule has 0 bridgehead atoms. The molecule has 0 radical (unpaired) electrons. The van der Waals surface area contributed by atoms with E-state index in [0.717, 1.165) is 12.2 Å². The zero-order valence-electron chi connectivity index (χ0n) is 7.15. The van der Waals surface area contributed by atoms with Crippen LogP contribution in [0.3, 0.4) is 0 Å². The van der Waals surface area contributed by atoms with Gasteiger partial charge in [0.2, 0.25) is 4.77 Å². The van der Waals surface area contributed by atoms with Crippen LogP contribution in [0.2, 0.25) is 0 Å². The summed E-state index contributed by atoms with van der Waals surface area (Å²) in [5, 5.41) is 7.27. The second kappa shape index (κ2) is 3.43. The molecule has 0 unspecified atom stereocenters. The molecule has 0 amide bonds. The number of hydrogen-bond acceptors (Lipinski definition) is 3. The van der Waals surface area contributed by atoms with E-state index in [2.05, 4.69) is 26.9 Å². The lowest BCUT2D eigenvalue weighted by Crippen LogP contribution is -1.92. The van der Waals surface area contributed by atoms with Gasteiger partial charge in [-0.3, -0.25) is 9.78 Å². The molecule has 0 aliphatic rings. The van der Waals surface area contributed by atoms with Gasteiger partial charge in [-0.2, -0.15) is 11.3 Å². The van der Waals surface area contributed by atoms with Gasteiger partial charge in [-0.05, 0) is 34.6 Å². The molecular weight excluding hydrogens is 202 g/mol. The van der Waals surface area contributed by atoms with E-state index in [1.807, 2.05) is 7.05 Å². The standard InChI is InChI=1S/C8H9N3S2/c1-11-8(12)9-7(10-11)4-6-2-3-13-5-6/h2-3,5H,4H2,1H3,(H,9,10,12). The lowest BCUT2D eigenvalue weighted by atomic mass is 10.2. The van der Waals surface area contributed by atoms with Crippen molar-refractivity contribution in [2.45, 2.75) is 6.42 Å². The fourth-order valence-corrected chi connectivity index (χ4v) is 1.95. The van der Waals surface area contributed by atoms with Crippen molar-refractivity contribution < 1.29 is 0 Å². The number of thiophene rings is 1. The van der Waals surface area contributed by atoms with Crippen molar-refractivity contribution in [2.24, 2.45) is 7.05 Å². The van der Waals surface area contributed by atoms with E-state index in [9.17, 15) is 0 Å². The maximum atomic E-state index is 4.99. The van der Waals surface area contributed by atoms with Gasteiger partial charge in [0.25, 0.3) is 0 Å². The molecule has 2 rings (SSSR count). The lowest BCUT2D eigenvalue weighted by Gasteiger charge is -1.91. The Labute approximate surface area is 85.0 Å². The summed E-state index contributed by atoms with van der Waals surface area (Å²) >= 11 is 6.69. The Morgan fingerprint density at radius 2 is 2.54 bits per heavy atom. The normalized spacial score (nSPS) is 10.5. The second-order valence-electron chi connectivity index (χ2n) is 2.82. The predicted octanol–water partition coefficient (Wildman–Crippen LogP) is 2.13. The first-order chi connectivity index (χ1) is 6.25. The van der Waals surface area contributed by atoms with Crippen molar-refractivity contribution in [1.29, 1.82) is 0 Å². The van der Waals surface area contributed by atoms with E-state index in [0.29, 0.717) is 4.77 Å². The van der Waals surface area contributed by atoms with Crippen LogP contribution < -0.4 is 0 Å². The lowest BCUT2D eigenvalue weighted by molar-refractivity contribution is 0.740. The molecule has 0 spiro atoms. The fourth-order valence-electron chi connectivity index (χ4n) is 1.12. The molecule has 0 aliphatic carbocycles. The minimum absolute atomic E-state index is 0.602. The molecule has 0 aromatic carbocycles. The molecule has 0 saturated heterocycles. The second-order valence-corrected chi connectivity index (χ2v) is 3.97. The largest absolute Gasteiger partial charge is 0.283 e. The summed E-state index contributed by atoms with van der Waals surface area (Å²) in [5.41, 5.74) is 1.27. The predicted molar refractivity (Wildman–Crippen MR) is 55.5 cm³/mol. The Hall–Kier alpha value is -0.940. The Bertz CT molecular complexity index is 438. The monoisotopic (exact) mass is 211 g/mol. The number of aromatic amines is 1. The van der Waals surface area contributed by atoms with Gasteiger partial charge in [0.1, 0.15) is 5.82 Å². The van der Waals surface area contributed by atoms with Gasteiger partial charge in [0, 0.05) is 13.5 Å². The highest BCUT2D eigenvalue weighted by molar-refractivity contribution is 7.71. The van der Waals surface area contributed by atoms with Crippen molar-refractivity contribution in [3.8, 4) is 0 Å². The van der Waals surface area contributed by atoms with E-state index >= 15 is 0 Å². The van der Waals surface area contributed by atoms with Crippen LogP contribution in [0.25, 0.3) is 0 Å². The first-order valence-corrected chi connectivity index (χ1v) is 5.24. The molecule has 0 aliphatic heterocycles. The highest BCUT2D eigenvalue weighted by Crippen LogP contribution is 2.09. The Kier molecular flexibility index (Phi) is 2.28. The van der Waals surface area contributed by atoms with Crippen LogP contribution in [0.5, 0.6) is 0 Å². The summed E-state index contributed by atoms with van der Waals surface area (Å²) in [6.07, 6.45) is 0.827. The summed E-state index contributed by atoms with van der Waals surface area (Å²) in [5.74, 6) is 0.922. The van der Waals surface area contributed by atoms with E-state index in [-0.39, 0.29) is 0 Å². The first-order valence-electron chi connectivity index (χ1n) is 3.88. The molecule has 0 saturated carbocycles. The topological polar surface area (TPSA) is 33.6 Å². The summed E-state index contributed by atoms with van der Waals surface area (Å²) in [7, 11) is 1.87. The van der Waals surface area contributed by atoms with Gasteiger partial charge in [-0.15, -0.1) is 0 Å². The number of rotatable bonds is 2. The number of nitrogens with one attached hydrogen (secondary N) is 1. The van der Waals surface area contributed by atoms with Crippen LogP contribution in [0.4, 0.5) is 0 Å². The van der Waals surface area contributed by atoms with E-state index < -0.39 is 0 Å². The first kappa shape index (κ1) is 8.65. The van der Waals surface area contributed by atoms with Gasteiger partial charge in [0.15, 0.2) is 0 Å². The third-order valence-electron chi connectivity index (χ3n) is 1.77. The van der Waals surface area contributed by atoms with Crippen LogP contribution in [-0.2, 0) is 13.5 Å². The molecule has 13 heavy (non-hydrogen) atoms. The van der Waals surface area contributed by atoms with Crippen molar-refractivity contribution in [3.63, 3.8) is 0 Å². The van der Waals surface area contributed by atoms with Crippen molar-refractivity contribution in [3.05, 3.63) is 33.0 Å². The minimum Gasteiger partial charge on any atom is -0.283 e. The van der Waals surface area contributed by atoms with Gasteiger partial charge in [-0.25, -0.2) is 4.98 Å². The number of aromatic nitrogens is 3. The van der Waals surface area contributed by atoms with Gasteiger partial charge in [-0.1, -0.05) is 0 Å². The van der Waals surface area contributed by atoms with E-state index in [1.165, 1.54) is 5.56 Å². The van der Waals surface area contributed by atoms with Gasteiger partial charge >= 0.3 is 0 Å². The van der Waals surface area contributed by atoms with Crippen LogP contribution in [0.1, 0.15) is 11.4 Å². The summed E-state index contributed by atoms with van der Waals surface area (Å²) in [6.45, 7) is 0. The average molecular weight is 211 g/mol. The van der Waals surface area contributed by atoms with Crippen molar-refractivity contribution >= 4 is 23.6 Å². The zero-order chi connectivity index (χ0) is 9.26.